The Morgan fingerprint density at radius 1 is 1.30 bits per heavy atom. The molecule has 0 radical (unpaired) electrons. The lowest BCUT2D eigenvalue weighted by Gasteiger charge is -2.30. The Morgan fingerprint density at radius 2 is 2.00 bits per heavy atom. The molecule has 1 aliphatic carbocycles. The van der Waals surface area contributed by atoms with Crippen molar-refractivity contribution >= 4 is 33.0 Å². The maximum Gasteiger partial charge on any atom is 0.391 e. The SMILES string of the molecule is O=S(=O)(N[C@H]1CCC[C@H](C(F)(F)F)C1)c1ccc(Cl)s1. The van der Waals surface area contributed by atoms with Gasteiger partial charge in [-0.15, -0.1) is 11.3 Å². The maximum absolute atomic E-state index is 12.7. The molecular formula is C11H13ClF3NO2S2. The van der Waals surface area contributed by atoms with Crippen LogP contribution in [0.2, 0.25) is 4.34 Å². The maximum atomic E-state index is 12.7. The van der Waals surface area contributed by atoms with Crippen molar-refractivity contribution in [2.45, 2.75) is 42.1 Å². The van der Waals surface area contributed by atoms with Crippen molar-refractivity contribution in [2.24, 2.45) is 5.92 Å². The number of nitrogens with one attached hydrogen (secondary N) is 1. The summed E-state index contributed by atoms with van der Waals surface area (Å²) in [7, 11) is -3.79. The number of hydrogen-bond donors (Lipinski definition) is 1. The molecule has 0 aliphatic heterocycles. The number of halogens is 4. The van der Waals surface area contributed by atoms with E-state index in [-0.39, 0.29) is 17.1 Å². The second-order valence-corrected chi connectivity index (χ2v) is 8.44. The number of alkyl halides is 3. The van der Waals surface area contributed by atoms with Crippen molar-refractivity contribution in [3.8, 4) is 0 Å². The standard InChI is InChI=1S/C11H13ClF3NO2S2/c12-9-4-5-10(19-9)20(17,18)16-8-3-1-2-7(6-8)11(13,14)15/h4-5,7-8,16H,1-3,6H2/t7-,8-/m0/s1. The molecular weight excluding hydrogens is 335 g/mol. The van der Waals surface area contributed by atoms with Gasteiger partial charge in [-0.1, -0.05) is 18.0 Å². The quantitative estimate of drug-likeness (QED) is 0.904. The van der Waals surface area contributed by atoms with Crippen LogP contribution in [0.5, 0.6) is 0 Å². The van der Waals surface area contributed by atoms with E-state index >= 15 is 0 Å². The van der Waals surface area contributed by atoms with Gasteiger partial charge >= 0.3 is 6.18 Å². The summed E-state index contributed by atoms with van der Waals surface area (Å²) in [6.07, 6.45) is -3.63. The Hall–Kier alpha value is -0.310. The second-order valence-electron chi connectivity index (χ2n) is 4.78. The Bertz CT molecular complexity index is 570. The van der Waals surface area contributed by atoms with Crippen LogP contribution < -0.4 is 4.72 Å². The Labute approximate surface area is 124 Å². The largest absolute Gasteiger partial charge is 0.391 e. The minimum atomic E-state index is -4.27. The van der Waals surface area contributed by atoms with E-state index in [1.165, 1.54) is 12.1 Å². The van der Waals surface area contributed by atoms with Crippen molar-refractivity contribution in [1.82, 2.24) is 4.72 Å². The van der Waals surface area contributed by atoms with E-state index in [9.17, 15) is 21.6 Å². The lowest BCUT2D eigenvalue weighted by molar-refractivity contribution is -0.183. The molecule has 1 fully saturated rings. The van der Waals surface area contributed by atoms with Crippen molar-refractivity contribution in [3.05, 3.63) is 16.5 Å². The molecule has 1 aliphatic rings. The minimum absolute atomic E-state index is 0.0247. The summed E-state index contributed by atoms with van der Waals surface area (Å²) in [6.45, 7) is 0. The summed E-state index contributed by atoms with van der Waals surface area (Å²) in [6, 6.07) is 2.11. The zero-order valence-corrected chi connectivity index (χ0v) is 12.7. The highest BCUT2D eigenvalue weighted by molar-refractivity contribution is 7.91. The smallest absolute Gasteiger partial charge is 0.207 e. The number of hydrogen-bond acceptors (Lipinski definition) is 3. The van der Waals surface area contributed by atoms with E-state index in [1.807, 2.05) is 0 Å². The van der Waals surface area contributed by atoms with Crippen LogP contribution in [0.25, 0.3) is 0 Å². The molecule has 1 aromatic heterocycles. The average Bonchev–Trinajstić information content (AvgIpc) is 2.75. The lowest BCUT2D eigenvalue weighted by atomic mass is 9.86. The zero-order chi connectivity index (χ0) is 15.0. The van der Waals surface area contributed by atoms with Gasteiger partial charge in [-0.2, -0.15) is 13.2 Å². The molecule has 0 saturated heterocycles. The lowest BCUT2D eigenvalue weighted by Crippen LogP contribution is -2.41. The highest BCUT2D eigenvalue weighted by Gasteiger charge is 2.42. The van der Waals surface area contributed by atoms with Gasteiger partial charge in [-0.3, -0.25) is 0 Å². The first-order chi connectivity index (χ1) is 9.18. The third-order valence-electron chi connectivity index (χ3n) is 3.27. The first-order valence-corrected chi connectivity index (χ1v) is 8.70. The number of sulfonamides is 1. The third kappa shape index (κ3) is 3.87. The summed E-state index contributed by atoms with van der Waals surface area (Å²) in [4.78, 5) is 0. The van der Waals surface area contributed by atoms with E-state index in [1.54, 1.807) is 0 Å². The fraction of sp³-hybridized carbons (Fsp3) is 0.636. The van der Waals surface area contributed by atoms with Crippen LogP contribution in [0.1, 0.15) is 25.7 Å². The van der Waals surface area contributed by atoms with Crippen molar-refractivity contribution in [2.75, 3.05) is 0 Å². The van der Waals surface area contributed by atoms with Crippen LogP contribution in [0.4, 0.5) is 13.2 Å². The van der Waals surface area contributed by atoms with E-state index < -0.39 is 28.2 Å². The molecule has 0 unspecified atom stereocenters. The zero-order valence-electron chi connectivity index (χ0n) is 10.3. The topological polar surface area (TPSA) is 46.2 Å². The van der Waals surface area contributed by atoms with Gasteiger partial charge in [0.25, 0.3) is 0 Å². The van der Waals surface area contributed by atoms with Gasteiger partial charge in [0.2, 0.25) is 10.0 Å². The van der Waals surface area contributed by atoms with Crippen LogP contribution in [-0.2, 0) is 10.0 Å². The van der Waals surface area contributed by atoms with Gasteiger partial charge in [0.15, 0.2) is 0 Å². The predicted molar refractivity (Wildman–Crippen MR) is 71.5 cm³/mol. The summed E-state index contributed by atoms with van der Waals surface area (Å²) in [5, 5.41) is 0. The molecule has 3 nitrogen and oxygen atoms in total. The first kappa shape index (κ1) is 16.1. The van der Waals surface area contributed by atoms with E-state index in [0.717, 1.165) is 11.3 Å². The van der Waals surface area contributed by atoms with Crippen LogP contribution in [-0.4, -0.2) is 20.6 Å². The molecule has 2 rings (SSSR count). The Kier molecular flexibility index (Phi) is 4.68. The van der Waals surface area contributed by atoms with Gasteiger partial charge in [0, 0.05) is 6.04 Å². The molecule has 0 aromatic carbocycles. The van der Waals surface area contributed by atoms with Gasteiger partial charge < -0.3 is 0 Å². The number of thiophene rings is 1. The van der Waals surface area contributed by atoms with Gasteiger partial charge in [-0.25, -0.2) is 13.1 Å². The molecule has 1 heterocycles. The van der Waals surface area contributed by atoms with E-state index in [4.69, 9.17) is 11.6 Å². The molecule has 0 bridgehead atoms. The third-order valence-corrected chi connectivity index (χ3v) is 6.52. The van der Waals surface area contributed by atoms with Crippen LogP contribution in [0.3, 0.4) is 0 Å². The molecule has 1 saturated carbocycles. The average molecular weight is 348 g/mol. The molecule has 9 heteroatoms. The van der Waals surface area contributed by atoms with Crippen LogP contribution in [0.15, 0.2) is 16.3 Å². The first-order valence-electron chi connectivity index (χ1n) is 6.03. The molecule has 0 spiro atoms. The molecule has 114 valence electrons. The number of rotatable bonds is 3. The molecule has 0 amide bonds. The Morgan fingerprint density at radius 3 is 2.55 bits per heavy atom. The second kappa shape index (κ2) is 5.82. The summed E-state index contributed by atoms with van der Waals surface area (Å²) in [5.74, 6) is -1.43. The summed E-state index contributed by atoms with van der Waals surface area (Å²) >= 11 is 6.55. The van der Waals surface area contributed by atoms with E-state index in [2.05, 4.69) is 4.72 Å². The highest BCUT2D eigenvalue weighted by atomic mass is 35.5. The van der Waals surface area contributed by atoms with Crippen molar-refractivity contribution < 1.29 is 21.6 Å². The molecule has 20 heavy (non-hydrogen) atoms. The van der Waals surface area contributed by atoms with Crippen molar-refractivity contribution in [3.63, 3.8) is 0 Å². The molecule has 2 atom stereocenters. The van der Waals surface area contributed by atoms with Crippen LogP contribution in [0, 0.1) is 5.92 Å². The summed E-state index contributed by atoms with van der Waals surface area (Å²) in [5.41, 5.74) is 0. The van der Waals surface area contributed by atoms with Gasteiger partial charge in [0.05, 0.1) is 10.3 Å². The molecule has 1 aromatic rings. The monoisotopic (exact) mass is 347 g/mol. The summed E-state index contributed by atoms with van der Waals surface area (Å²) < 4.78 is 64.8. The molecule has 1 N–H and O–H groups in total. The van der Waals surface area contributed by atoms with E-state index in [0.29, 0.717) is 17.2 Å². The normalized spacial score (nSPS) is 24.8. The van der Waals surface area contributed by atoms with Gasteiger partial charge in [-0.05, 0) is 31.4 Å². The fourth-order valence-electron chi connectivity index (χ4n) is 2.31. The van der Waals surface area contributed by atoms with Crippen LogP contribution >= 0.6 is 22.9 Å². The highest BCUT2D eigenvalue weighted by Crippen LogP contribution is 2.38. The Balaban J connectivity index is 2.06. The predicted octanol–water partition coefficient (Wildman–Crippen LogP) is 3.80. The van der Waals surface area contributed by atoms with Gasteiger partial charge in [0.1, 0.15) is 4.21 Å². The van der Waals surface area contributed by atoms with Crippen molar-refractivity contribution in [1.29, 1.82) is 0 Å². The minimum Gasteiger partial charge on any atom is -0.207 e. The fourth-order valence-corrected chi connectivity index (χ4v) is 5.10.